The predicted molar refractivity (Wildman–Crippen MR) is 84.2 cm³/mol. The number of para-hydroxylation sites is 1. The van der Waals surface area contributed by atoms with Crippen molar-refractivity contribution in [2.75, 3.05) is 5.32 Å². The fourth-order valence-electron chi connectivity index (χ4n) is 2.03. The van der Waals surface area contributed by atoms with Gasteiger partial charge in [-0.2, -0.15) is 0 Å². The Kier molecular flexibility index (Phi) is 4.36. The van der Waals surface area contributed by atoms with Gasteiger partial charge in [-0.1, -0.05) is 35.9 Å². The average molecular weight is 265 g/mol. The van der Waals surface area contributed by atoms with E-state index in [4.69, 9.17) is 0 Å². The van der Waals surface area contributed by atoms with E-state index in [0.29, 0.717) is 0 Å². The van der Waals surface area contributed by atoms with Crippen LogP contribution < -0.4 is 5.32 Å². The molecule has 0 aromatic heterocycles. The first kappa shape index (κ1) is 14.1. The molecular weight excluding hydrogens is 246 g/mol. The second-order valence-corrected chi connectivity index (χ2v) is 4.98. The van der Waals surface area contributed by atoms with Crippen LogP contribution >= 0.6 is 0 Å². The lowest BCUT2D eigenvalue weighted by atomic mass is 10.0. The molecule has 0 amide bonds. The number of anilines is 1. The molecule has 0 radical (unpaired) electrons. The van der Waals surface area contributed by atoms with Crippen molar-refractivity contribution in [3.8, 4) is 0 Å². The maximum absolute atomic E-state index is 12.2. The highest BCUT2D eigenvalue weighted by Gasteiger charge is 2.05. The SMILES string of the molecule is Cc1ccc(C)c(C(=O)/C=C/Nc2ccccc2C)c1. The lowest BCUT2D eigenvalue weighted by molar-refractivity contribution is 0.104. The summed E-state index contributed by atoms with van der Waals surface area (Å²) >= 11 is 0. The summed E-state index contributed by atoms with van der Waals surface area (Å²) in [6.07, 6.45) is 3.28. The summed E-state index contributed by atoms with van der Waals surface area (Å²) in [5, 5.41) is 3.15. The van der Waals surface area contributed by atoms with E-state index in [1.54, 1.807) is 12.3 Å². The highest BCUT2D eigenvalue weighted by Crippen LogP contribution is 2.14. The van der Waals surface area contributed by atoms with Gasteiger partial charge in [-0.15, -0.1) is 0 Å². The Morgan fingerprint density at radius 3 is 2.50 bits per heavy atom. The molecule has 0 aliphatic carbocycles. The minimum Gasteiger partial charge on any atom is -0.361 e. The molecule has 0 spiro atoms. The van der Waals surface area contributed by atoms with Crippen LogP contribution in [-0.4, -0.2) is 5.78 Å². The standard InChI is InChI=1S/C18H19NO/c1-13-8-9-14(2)16(12-13)18(20)10-11-19-17-7-5-4-6-15(17)3/h4-12,19H,1-3H3/b11-10+. The highest BCUT2D eigenvalue weighted by molar-refractivity contribution is 6.05. The molecule has 0 fully saturated rings. The first-order valence-electron chi connectivity index (χ1n) is 6.68. The normalized spacial score (nSPS) is 10.8. The molecule has 0 aliphatic heterocycles. The molecule has 0 heterocycles. The molecule has 1 N–H and O–H groups in total. The molecule has 2 nitrogen and oxygen atoms in total. The summed E-state index contributed by atoms with van der Waals surface area (Å²) < 4.78 is 0. The molecule has 0 bridgehead atoms. The van der Waals surface area contributed by atoms with Crippen LogP contribution in [0.5, 0.6) is 0 Å². The van der Waals surface area contributed by atoms with Gasteiger partial charge in [-0.05, 0) is 44.0 Å². The minimum atomic E-state index is 0.0206. The summed E-state index contributed by atoms with van der Waals surface area (Å²) in [5.41, 5.74) is 5.02. The number of nitrogens with one attached hydrogen (secondary N) is 1. The number of carbonyl (C=O) groups excluding carboxylic acids is 1. The van der Waals surface area contributed by atoms with Crippen molar-refractivity contribution in [1.82, 2.24) is 0 Å². The Bertz CT molecular complexity index is 656. The Labute approximate surface area is 120 Å². The summed E-state index contributed by atoms with van der Waals surface area (Å²) in [5.74, 6) is 0.0206. The monoisotopic (exact) mass is 265 g/mol. The number of rotatable bonds is 4. The number of hydrogen-bond donors (Lipinski definition) is 1. The maximum atomic E-state index is 12.2. The molecule has 2 aromatic rings. The average Bonchev–Trinajstić information content (AvgIpc) is 2.43. The van der Waals surface area contributed by atoms with Gasteiger partial charge in [-0.25, -0.2) is 0 Å². The van der Waals surface area contributed by atoms with Crippen LogP contribution in [0.25, 0.3) is 0 Å². The molecule has 20 heavy (non-hydrogen) atoms. The van der Waals surface area contributed by atoms with E-state index in [9.17, 15) is 4.79 Å². The van der Waals surface area contributed by atoms with Gasteiger partial charge in [-0.3, -0.25) is 4.79 Å². The fraction of sp³-hybridized carbons (Fsp3) is 0.167. The lowest BCUT2D eigenvalue weighted by Crippen LogP contribution is -2.00. The minimum absolute atomic E-state index is 0.0206. The summed E-state index contributed by atoms with van der Waals surface area (Å²) in [6, 6.07) is 13.9. The van der Waals surface area contributed by atoms with E-state index in [2.05, 4.69) is 5.32 Å². The first-order chi connectivity index (χ1) is 9.58. The van der Waals surface area contributed by atoms with E-state index in [1.165, 1.54) is 0 Å². The molecule has 2 aromatic carbocycles. The summed E-state index contributed by atoms with van der Waals surface area (Å²) in [4.78, 5) is 12.2. The van der Waals surface area contributed by atoms with Crippen molar-refractivity contribution in [2.45, 2.75) is 20.8 Å². The van der Waals surface area contributed by atoms with E-state index < -0.39 is 0 Å². The number of hydrogen-bond acceptors (Lipinski definition) is 2. The van der Waals surface area contributed by atoms with Crippen molar-refractivity contribution >= 4 is 11.5 Å². The number of ketones is 1. The first-order valence-corrected chi connectivity index (χ1v) is 6.68. The summed E-state index contributed by atoms with van der Waals surface area (Å²) in [7, 11) is 0. The van der Waals surface area contributed by atoms with Gasteiger partial charge in [0.05, 0.1) is 0 Å². The smallest absolute Gasteiger partial charge is 0.187 e. The molecule has 2 rings (SSSR count). The van der Waals surface area contributed by atoms with Crippen LogP contribution in [0.3, 0.4) is 0 Å². The quantitative estimate of drug-likeness (QED) is 0.655. The van der Waals surface area contributed by atoms with Gasteiger partial charge in [0.1, 0.15) is 0 Å². The van der Waals surface area contributed by atoms with E-state index >= 15 is 0 Å². The zero-order chi connectivity index (χ0) is 14.5. The second kappa shape index (κ2) is 6.20. The zero-order valence-corrected chi connectivity index (χ0v) is 12.1. The largest absolute Gasteiger partial charge is 0.361 e. The van der Waals surface area contributed by atoms with Crippen LogP contribution in [0.1, 0.15) is 27.0 Å². The van der Waals surface area contributed by atoms with Gasteiger partial charge in [0.15, 0.2) is 5.78 Å². The Balaban J connectivity index is 2.10. The van der Waals surface area contributed by atoms with E-state index in [0.717, 1.165) is 27.9 Å². The fourth-order valence-corrected chi connectivity index (χ4v) is 2.03. The van der Waals surface area contributed by atoms with Gasteiger partial charge in [0, 0.05) is 23.5 Å². The predicted octanol–water partition coefficient (Wildman–Crippen LogP) is 4.42. The van der Waals surface area contributed by atoms with Crippen LogP contribution in [0.15, 0.2) is 54.7 Å². The summed E-state index contributed by atoms with van der Waals surface area (Å²) in [6.45, 7) is 5.98. The maximum Gasteiger partial charge on any atom is 0.187 e. The third-order valence-electron chi connectivity index (χ3n) is 3.28. The third-order valence-corrected chi connectivity index (χ3v) is 3.28. The van der Waals surface area contributed by atoms with Gasteiger partial charge >= 0.3 is 0 Å². The topological polar surface area (TPSA) is 29.1 Å². The molecule has 0 saturated heterocycles. The van der Waals surface area contributed by atoms with Gasteiger partial charge < -0.3 is 5.32 Å². The molecule has 0 saturated carbocycles. The van der Waals surface area contributed by atoms with Crippen molar-refractivity contribution in [3.05, 3.63) is 77.0 Å². The van der Waals surface area contributed by atoms with Crippen molar-refractivity contribution < 1.29 is 4.79 Å². The van der Waals surface area contributed by atoms with E-state index in [-0.39, 0.29) is 5.78 Å². The van der Waals surface area contributed by atoms with Crippen molar-refractivity contribution in [1.29, 1.82) is 0 Å². The third kappa shape index (κ3) is 3.35. The number of allylic oxidation sites excluding steroid dienone is 1. The molecule has 2 heteroatoms. The second-order valence-electron chi connectivity index (χ2n) is 4.98. The molecule has 0 atom stereocenters. The zero-order valence-electron chi connectivity index (χ0n) is 12.1. The van der Waals surface area contributed by atoms with Crippen LogP contribution in [0.4, 0.5) is 5.69 Å². The number of carbonyl (C=O) groups is 1. The van der Waals surface area contributed by atoms with Gasteiger partial charge in [0.25, 0.3) is 0 Å². The van der Waals surface area contributed by atoms with Crippen molar-refractivity contribution in [2.24, 2.45) is 0 Å². The van der Waals surface area contributed by atoms with Crippen LogP contribution in [0, 0.1) is 20.8 Å². The van der Waals surface area contributed by atoms with Crippen molar-refractivity contribution in [3.63, 3.8) is 0 Å². The van der Waals surface area contributed by atoms with E-state index in [1.807, 2.05) is 63.2 Å². The molecular formula is C18H19NO. The van der Waals surface area contributed by atoms with Crippen LogP contribution in [-0.2, 0) is 0 Å². The Morgan fingerprint density at radius 2 is 1.75 bits per heavy atom. The van der Waals surface area contributed by atoms with Gasteiger partial charge in [0.2, 0.25) is 0 Å². The lowest BCUT2D eigenvalue weighted by Gasteiger charge is -2.05. The van der Waals surface area contributed by atoms with Crippen LogP contribution in [0.2, 0.25) is 0 Å². The number of aryl methyl sites for hydroxylation is 3. The molecule has 102 valence electrons. The highest BCUT2D eigenvalue weighted by atomic mass is 16.1. The molecule has 0 unspecified atom stereocenters. The number of benzene rings is 2. The molecule has 0 aliphatic rings. The Morgan fingerprint density at radius 1 is 1.00 bits per heavy atom. The Hall–Kier alpha value is -2.35.